The molecular formula is C16H23NO. The molecule has 0 heterocycles. The first-order chi connectivity index (χ1) is 8.59. The first kappa shape index (κ1) is 13.1. The van der Waals surface area contributed by atoms with Crippen LogP contribution in [0.5, 0.6) is 5.75 Å². The molecule has 1 fully saturated rings. The van der Waals surface area contributed by atoms with Crippen LogP contribution in [0.3, 0.4) is 0 Å². The number of para-hydroxylation sites is 1. The number of benzene rings is 1. The second kappa shape index (κ2) is 5.55. The quantitative estimate of drug-likeness (QED) is 0.786. The average molecular weight is 245 g/mol. The fraction of sp³-hybridized carbons (Fsp3) is 0.562. The highest BCUT2D eigenvalue weighted by atomic mass is 16.3. The molecular weight excluding hydrogens is 222 g/mol. The number of aliphatic imine (C=N–C) groups is 1. The molecule has 1 N–H and O–H groups in total. The summed E-state index contributed by atoms with van der Waals surface area (Å²) in [6, 6.07) is 6.21. The highest BCUT2D eigenvalue weighted by Crippen LogP contribution is 2.31. The molecule has 0 bridgehead atoms. The van der Waals surface area contributed by atoms with Crippen LogP contribution >= 0.6 is 0 Å². The number of nitrogens with zero attached hydrogens (tertiary/aromatic N) is 1. The van der Waals surface area contributed by atoms with Crippen molar-refractivity contribution in [2.45, 2.75) is 46.1 Å². The van der Waals surface area contributed by atoms with Crippen molar-refractivity contribution < 1.29 is 5.11 Å². The summed E-state index contributed by atoms with van der Waals surface area (Å²) in [4.78, 5) is 4.70. The number of hydrogen-bond donors (Lipinski definition) is 1. The van der Waals surface area contributed by atoms with E-state index in [2.05, 4.69) is 13.8 Å². The van der Waals surface area contributed by atoms with Crippen molar-refractivity contribution in [1.29, 1.82) is 0 Å². The Hall–Kier alpha value is -1.31. The van der Waals surface area contributed by atoms with Crippen LogP contribution in [0.4, 0.5) is 0 Å². The lowest BCUT2D eigenvalue weighted by Crippen LogP contribution is -2.27. The molecule has 1 saturated carbocycles. The second-order valence-corrected chi connectivity index (χ2v) is 5.63. The van der Waals surface area contributed by atoms with Gasteiger partial charge in [0.1, 0.15) is 5.75 Å². The number of aryl methyl sites for hydroxylation is 1. The Balaban J connectivity index is 2.13. The smallest absolute Gasteiger partial charge is 0.127 e. The molecule has 2 rings (SSSR count). The van der Waals surface area contributed by atoms with Crippen molar-refractivity contribution in [2.75, 3.05) is 0 Å². The van der Waals surface area contributed by atoms with Gasteiger partial charge in [0.25, 0.3) is 0 Å². The van der Waals surface area contributed by atoms with E-state index in [1.54, 1.807) is 0 Å². The Bertz CT molecular complexity index is 439. The van der Waals surface area contributed by atoms with E-state index in [1.807, 2.05) is 31.3 Å². The normalized spacial score (nSPS) is 28.7. The van der Waals surface area contributed by atoms with Crippen LogP contribution in [0.1, 0.15) is 44.2 Å². The summed E-state index contributed by atoms with van der Waals surface area (Å²) in [5, 5.41) is 9.95. The molecule has 0 aromatic heterocycles. The third-order valence-corrected chi connectivity index (χ3v) is 4.34. The molecule has 0 spiro atoms. The Kier molecular flexibility index (Phi) is 4.05. The SMILES string of the molecule is Cc1cccc(C=NC2CCCC(C)C2C)c1O. The highest BCUT2D eigenvalue weighted by molar-refractivity contribution is 5.84. The summed E-state index contributed by atoms with van der Waals surface area (Å²) >= 11 is 0. The summed E-state index contributed by atoms with van der Waals surface area (Å²) in [5.41, 5.74) is 1.74. The zero-order valence-electron chi connectivity index (χ0n) is 11.6. The van der Waals surface area contributed by atoms with Crippen LogP contribution in [0.15, 0.2) is 23.2 Å². The molecule has 0 saturated heterocycles. The van der Waals surface area contributed by atoms with Gasteiger partial charge < -0.3 is 5.11 Å². The zero-order chi connectivity index (χ0) is 13.1. The van der Waals surface area contributed by atoms with Crippen molar-refractivity contribution in [2.24, 2.45) is 16.8 Å². The molecule has 3 unspecified atom stereocenters. The average Bonchev–Trinajstić information content (AvgIpc) is 2.36. The maximum Gasteiger partial charge on any atom is 0.127 e. The molecule has 0 amide bonds. The lowest BCUT2D eigenvalue weighted by Gasteiger charge is -2.31. The fourth-order valence-electron chi connectivity index (χ4n) is 2.73. The number of rotatable bonds is 2. The van der Waals surface area contributed by atoms with Gasteiger partial charge in [0.15, 0.2) is 0 Å². The van der Waals surface area contributed by atoms with Crippen LogP contribution in [-0.4, -0.2) is 17.4 Å². The second-order valence-electron chi connectivity index (χ2n) is 5.63. The van der Waals surface area contributed by atoms with Crippen molar-refractivity contribution in [3.8, 4) is 5.75 Å². The van der Waals surface area contributed by atoms with Gasteiger partial charge in [0, 0.05) is 11.8 Å². The van der Waals surface area contributed by atoms with Crippen LogP contribution in [0, 0.1) is 18.8 Å². The van der Waals surface area contributed by atoms with Gasteiger partial charge in [-0.3, -0.25) is 4.99 Å². The van der Waals surface area contributed by atoms with E-state index in [1.165, 1.54) is 19.3 Å². The van der Waals surface area contributed by atoms with E-state index in [4.69, 9.17) is 4.99 Å². The summed E-state index contributed by atoms with van der Waals surface area (Å²) in [6.45, 7) is 6.52. The highest BCUT2D eigenvalue weighted by Gasteiger charge is 2.26. The van der Waals surface area contributed by atoms with E-state index in [9.17, 15) is 5.11 Å². The number of phenols is 1. The number of hydrogen-bond acceptors (Lipinski definition) is 2. The first-order valence-electron chi connectivity index (χ1n) is 6.91. The Morgan fingerprint density at radius 1 is 1.28 bits per heavy atom. The minimum atomic E-state index is 0.359. The van der Waals surface area contributed by atoms with E-state index in [0.717, 1.165) is 17.0 Å². The number of phenolic OH excluding ortho intramolecular Hbond substituents is 1. The van der Waals surface area contributed by atoms with Crippen molar-refractivity contribution >= 4 is 6.21 Å². The molecule has 1 aromatic carbocycles. The minimum Gasteiger partial charge on any atom is -0.507 e. The van der Waals surface area contributed by atoms with Gasteiger partial charge in [0.05, 0.1) is 6.04 Å². The van der Waals surface area contributed by atoms with Gasteiger partial charge >= 0.3 is 0 Å². The third-order valence-electron chi connectivity index (χ3n) is 4.34. The number of aromatic hydroxyl groups is 1. The van der Waals surface area contributed by atoms with Crippen LogP contribution in [0.25, 0.3) is 0 Å². The van der Waals surface area contributed by atoms with Gasteiger partial charge in [0.2, 0.25) is 0 Å². The summed E-state index contributed by atoms with van der Waals surface area (Å²) in [7, 11) is 0. The minimum absolute atomic E-state index is 0.359. The van der Waals surface area contributed by atoms with Gasteiger partial charge in [-0.15, -0.1) is 0 Å². The molecule has 0 radical (unpaired) electrons. The summed E-state index contributed by atoms with van der Waals surface area (Å²) in [5.74, 6) is 1.76. The molecule has 1 aliphatic carbocycles. The first-order valence-corrected chi connectivity index (χ1v) is 6.91. The van der Waals surface area contributed by atoms with E-state index < -0.39 is 0 Å². The van der Waals surface area contributed by atoms with Crippen molar-refractivity contribution in [3.63, 3.8) is 0 Å². The predicted octanol–water partition coefficient (Wildman–Crippen LogP) is 3.94. The fourth-order valence-corrected chi connectivity index (χ4v) is 2.73. The maximum absolute atomic E-state index is 9.95. The van der Waals surface area contributed by atoms with Crippen molar-refractivity contribution in [3.05, 3.63) is 29.3 Å². The molecule has 1 aliphatic rings. The molecule has 2 heteroatoms. The lowest BCUT2D eigenvalue weighted by atomic mass is 9.78. The zero-order valence-corrected chi connectivity index (χ0v) is 11.6. The largest absolute Gasteiger partial charge is 0.507 e. The molecule has 2 nitrogen and oxygen atoms in total. The predicted molar refractivity (Wildman–Crippen MR) is 76.4 cm³/mol. The van der Waals surface area contributed by atoms with E-state index in [0.29, 0.717) is 17.7 Å². The molecule has 18 heavy (non-hydrogen) atoms. The Morgan fingerprint density at radius 3 is 2.83 bits per heavy atom. The van der Waals surface area contributed by atoms with Gasteiger partial charge in [-0.2, -0.15) is 0 Å². The van der Waals surface area contributed by atoms with Crippen molar-refractivity contribution in [1.82, 2.24) is 0 Å². The summed E-state index contributed by atoms with van der Waals surface area (Å²) < 4.78 is 0. The van der Waals surface area contributed by atoms with E-state index >= 15 is 0 Å². The Morgan fingerprint density at radius 2 is 2.06 bits per heavy atom. The molecule has 1 aromatic rings. The molecule has 0 aliphatic heterocycles. The Labute approximate surface area is 110 Å². The van der Waals surface area contributed by atoms with Crippen LogP contribution in [-0.2, 0) is 0 Å². The third kappa shape index (κ3) is 2.74. The van der Waals surface area contributed by atoms with E-state index in [-0.39, 0.29) is 0 Å². The molecule has 98 valence electrons. The van der Waals surface area contributed by atoms with Gasteiger partial charge in [-0.05, 0) is 36.8 Å². The van der Waals surface area contributed by atoms with Gasteiger partial charge in [-0.25, -0.2) is 0 Å². The molecule has 3 atom stereocenters. The van der Waals surface area contributed by atoms with Crippen LogP contribution in [0.2, 0.25) is 0 Å². The topological polar surface area (TPSA) is 32.6 Å². The summed E-state index contributed by atoms with van der Waals surface area (Å²) in [6.07, 6.45) is 5.62. The monoisotopic (exact) mass is 245 g/mol. The van der Waals surface area contributed by atoms with Gasteiger partial charge in [-0.1, -0.05) is 38.8 Å². The van der Waals surface area contributed by atoms with Crippen LogP contribution < -0.4 is 0 Å². The standard InChI is InChI=1S/C16H23NO/c1-11-6-5-9-15(13(11)3)17-10-14-8-4-7-12(2)16(14)18/h4,7-8,10-11,13,15,18H,5-6,9H2,1-3H3. The maximum atomic E-state index is 9.95. The lowest BCUT2D eigenvalue weighted by molar-refractivity contribution is 0.242.